The maximum absolute atomic E-state index is 12.6. The molecule has 3 heterocycles. The lowest BCUT2D eigenvalue weighted by Crippen LogP contribution is -2.57. The van der Waals surface area contributed by atoms with E-state index in [2.05, 4.69) is 4.90 Å². The molecule has 0 bridgehead atoms. The Morgan fingerprint density at radius 2 is 1.70 bits per heavy atom. The molecule has 3 fully saturated rings. The summed E-state index contributed by atoms with van der Waals surface area (Å²) in [4.78, 5) is 26.1. The van der Waals surface area contributed by atoms with Crippen LogP contribution in [0.25, 0.3) is 0 Å². The molecule has 2 saturated heterocycles. The minimum absolute atomic E-state index is 0.191. The minimum atomic E-state index is -5.08. The molecule has 4 rings (SSSR count). The largest absolute Gasteiger partial charge is 0.490 e. The molecular weight excluding hydrogens is 403 g/mol. The van der Waals surface area contributed by atoms with E-state index in [1.807, 2.05) is 34.8 Å². The van der Waals surface area contributed by atoms with E-state index < -0.39 is 12.1 Å². The quantitative estimate of drug-likeness (QED) is 0.778. The average molecular weight is 431 g/mol. The molecule has 1 spiro atoms. The number of hydrogen-bond acceptors (Lipinski definition) is 4. The Labute approximate surface area is 173 Å². The first-order chi connectivity index (χ1) is 14.1. The van der Waals surface area contributed by atoms with Gasteiger partial charge in [0.05, 0.1) is 13.2 Å². The number of aliphatic carboxylic acids is 1. The molecule has 0 atom stereocenters. The number of morpholine rings is 1. The molecule has 30 heavy (non-hydrogen) atoms. The molecule has 1 N–H and O–H groups in total. The van der Waals surface area contributed by atoms with Gasteiger partial charge in [-0.1, -0.05) is 0 Å². The molecule has 1 aliphatic carbocycles. The van der Waals surface area contributed by atoms with Gasteiger partial charge in [-0.15, -0.1) is 0 Å². The first-order valence-electron chi connectivity index (χ1n) is 10.1. The van der Waals surface area contributed by atoms with Crippen molar-refractivity contribution in [2.75, 3.05) is 39.4 Å². The van der Waals surface area contributed by atoms with Gasteiger partial charge in [-0.25, -0.2) is 4.79 Å². The number of carboxylic acid groups (broad SMARTS) is 1. The Morgan fingerprint density at radius 3 is 2.17 bits per heavy atom. The predicted octanol–water partition coefficient (Wildman–Crippen LogP) is 2.38. The smallest absolute Gasteiger partial charge is 0.475 e. The van der Waals surface area contributed by atoms with Crippen LogP contribution < -0.4 is 0 Å². The molecule has 0 aromatic carbocycles. The molecule has 1 amide bonds. The number of ether oxygens (including phenoxy) is 1. The topological polar surface area (TPSA) is 75.0 Å². The van der Waals surface area contributed by atoms with Gasteiger partial charge in [0.1, 0.15) is 5.69 Å². The Hall–Kier alpha value is -2.07. The van der Waals surface area contributed by atoms with Crippen LogP contribution in [0, 0.1) is 5.41 Å². The summed E-state index contributed by atoms with van der Waals surface area (Å²) in [6.07, 6.45) is 1.84. The molecular formula is C20H28F3N3O4. The highest BCUT2D eigenvalue weighted by Gasteiger charge is 2.48. The molecule has 3 aliphatic rings. The number of carboxylic acids is 1. The van der Waals surface area contributed by atoms with Crippen molar-refractivity contribution in [1.29, 1.82) is 0 Å². The van der Waals surface area contributed by atoms with Gasteiger partial charge in [0.15, 0.2) is 0 Å². The Bertz CT molecular complexity index is 743. The standard InChI is InChI=1S/C18H27N3O2.C2HF3O2/c1-19-6-2-3-16(19)17(22)21-7-4-18(5-8-21)13-15(14-18)20-9-11-23-12-10-20;3-2(4,5)1(6)7/h2-3,6,15H,4-5,7-14H2,1H3;(H,6,7). The van der Waals surface area contributed by atoms with Gasteiger partial charge < -0.3 is 19.3 Å². The molecule has 1 aromatic rings. The average Bonchev–Trinajstić information content (AvgIpc) is 3.12. The summed E-state index contributed by atoms with van der Waals surface area (Å²) >= 11 is 0. The fourth-order valence-electron chi connectivity index (χ4n) is 4.58. The number of hydrogen-bond donors (Lipinski definition) is 1. The molecule has 1 aromatic heterocycles. The first kappa shape index (κ1) is 22.6. The number of piperidine rings is 1. The van der Waals surface area contributed by atoms with E-state index in [1.54, 1.807) is 0 Å². The second kappa shape index (κ2) is 8.97. The second-order valence-corrected chi connectivity index (χ2v) is 8.31. The maximum atomic E-state index is 12.6. The lowest BCUT2D eigenvalue weighted by atomic mass is 9.60. The van der Waals surface area contributed by atoms with Crippen LogP contribution in [0.2, 0.25) is 0 Å². The number of aryl methyl sites for hydroxylation is 1. The Kier molecular flexibility index (Phi) is 6.76. The third-order valence-corrected chi connectivity index (χ3v) is 6.42. The number of halogens is 3. The SMILES string of the molecule is Cn1cccc1C(=O)N1CCC2(CC1)CC(N1CCOCC1)C2.O=C(O)C(F)(F)F. The van der Waals surface area contributed by atoms with Crippen molar-refractivity contribution in [1.82, 2.24) is 14.4 Å². The number of rotatable bonds is 2. The summed E-state index contributed by atoms with van der Waals surface area (Å²) in [5, 5.41) is 7.12. The van der Waals surface area contributed by atoms with Crippen molar-refractivity contribution in [2.45, 2.75) is 37.9 Å². The van der Waals surface area contributed by atoms with Gasteiger partial charge in [-0.3, -0.25) is 9.69 Å². The lowest BCUT2D eigenvalue weighted by molar-refractivity contribution is -0.192. The third kappa shape index (κ3) is 5.15. The van der Waals surface area contributed by atoms with Crippen LogP contribution in [-0.2, 0) is 16.6 Å². The minimum Gasteiger partial charge on any atom is -0.475 e. The number of carbonyl (C=O) groups is 2. The molecule has 10 heteroatoms. The molecule has 2 aliphatic heterocycles. The summed E-state index contributed by atoms with van der Waals surface area (Å²) in [5.74, 6) is -2.57. The van der Waals surface area contributed by atoms with Gasteiger partial charge >= 0.3 is 12.1 Å². The van der Waals surface area contributed by atoms with Crippen LogP contribution in [0.5, 0.6) is 0 Å². The molecule has 1 saturated carbocycles. The van der Waals surface area contributed by atoms with E-state index in [4.69, 9.17) is 14.6 Å². The monoisotopic (exact) mass is 431 g/mol. The molecule has 0 unspecified atom stereocenters. The number of nitrogens with zero attached hydrogens (tertiary/aromatic N) is 3. The van der Waals surface area contributed by atoms with E-state index in [-0.39, 0.29) is 5.91 Å². The fraction of sp³-hybridized carbons (Fsp3) is 0.700. The third-order valence-electron chi connectivity index (χ3n) is 6.42. The van der Waals surface area contributed by atoms with Gasteiger partial charge in [-0.2, -0.15) is 13.2 Å². The number of likely N-dealkylation sites (tertiary alicyclic amines) is 1. The summed E-state index contributed by atoms with van der Waals surface area (Å²) in [7, 11) is 1.94. The summed E-state index contributed by atoms with van der Waals surface area (Å²) < 4.78 is 39.1. The van der Waals surface area contributed by atoms with Crippen LogP contribution in [0.3, 0.4) is 0 Å². The zero-order chi connectivity index (χ0) is 21.9. The van der Waals surface area contributed by atoms with Crippen LogP contribution in [0.15, 0.2) is 18.3 Å². The second-order valence-electron chi connectivity index (χ2n) is 8.31. The van der Waals surface area contributed by atoms with Crippen molar-refractivity contribution in [2.24, 2.45) is 12.5 Å². The van der Waals surface area contributed by atoms with Crippen molar-refractivity contribution in [3.8, 4) is 0 Å². The number of amides is 1. The van der Waals surface area contributed by atoms with Crippen LogP contribution in [0.4, 0.5) is 13.2 Å². The molecule has 7 nitrogen and oxygen atoms in total. The van der Waals surface area contributed by atoms with Crippen LogP contribution >= 0.6 is 0 Å². The van der Waals surface area contributed by atoms with E-state index in [0.717, 1.165) is 51.1 Å². The molecule has 0 radical (unpaired) electrons. The maximum Gasteiger partial charge on any atom is 0.490 e. The van der Waals surface area contributed by atoms with Crippen LogP contribution in [0.1, 0.15) is 36.2 Å². The highest BCUT2D eigenvalue weighted by atomic mass is 19.4. The van der Waals surface area contributed by atoms with Gasteiger partial charge in [0.2, 0.25) is 0 Å². The zero-order valence-electron chi connectivity index (χ0n) is 17.0. The van der Waals surface area contributed by atoms with E-state index in [0.29, 0.717) is 5.41 Å². The van der Waals surface area contributed by atoms with E-state index in [1.165, 1.54) is 25.7 Å². The normalized spacial score (nSPS) is 22.2. The fourth-order valence-corrected chi connectivity index (χ4v) is 4.58. The highest BCUT2D eigenvalue weighted by Crippen LogP contribution is 2.51. The Morgan fingerprint density at radius 1 is 1.13 bits per heavy atom. The van der Waals surface area contributed by atoms with Crippen LogP contribution in [-0.4, -0.2) is 83.0 Å². The number of aromatic nitrogens is 1. The lowest BCUT2D eigenvalue weighted by Gasteiger charge is -2.55. The summed E-state index contributed by atoms with van der Waals surface area (Å²) in [6, 6.07) is 4.62. The Balaban J connectivity index is 0.000000318. The van der Waals surface area contributed by atoms with Gasteiger partial charge in [0, 0.05) is 45.5 Å². The number of alkyl halides is 3. The van der Waals surface area contributed by atoms with Gasteiger partial charge in [-0.05, 0) is 43.2 Å². The summed E-state index contributed by atoms with van der Waals surface area (Å²) in [5.41, 5.74) is 1.31. The number of carbonyl (C=O) groups excluding carboxylic acids is 1. The first-order valence-corrected chi connectivity index (χ1v) is 10.1. The van der Waals surface area contributed by atoms with Crippen molar-refractivity contribution < 1.29 is 32.6 Å². The van der Waals surface area contributed by atoms with Gasteiger partial charge in [0.25, 0.3) is 5.91 Å². The van der Waals surface area contributed by atoms with E-state index >= 15 is 0 Å². The zero-order valence-corrected chi connectivity index (χ0v) is 17.0. The van der Waals surface area contributed by atoms with E-state index in [9.17, 15) is 18.0 Å². The highest BCUT2D eigenvalue weighted by molar-refractivity contribution is 5.92. The van der Waals surface area contributed by atoms with Crippen molar-refractivity contribution in [3.63, 3.8) is 0 Å². The molecule has 168 valence electrons. The summed E-state index contributed by atoms with van der Waals surface area (Å²) in [6.45, 7) is 5.81. The van der Waals surface area contributed by atoms with Crippen molar-refractivity contribution in [3.05, 3.63) is 24.0 Å². The predicted molar refractivity (Wildman–Crippen MR) is 102 cm³/mol. The van der Waals surface area contributed by atoms with Crippen molar-refractivity contribution >= 4 is 11.9 Å².